The van der Waals surface area contributed by atoms with Gasteiger partial charge in [-0.2, -0.15) is 0 Å². The molecule has 0 amide bonds. The van der Waals surface area contributed by atoms with Crippen LogP contribution in [0.15, 0.2) is 36.4 Å². The van der Waals surface area contributed by atoms with Crippen LogP contribution in [0.1, 0.15) is 17.2 Å². The SMILES string of the molecule is COc1ccc(C(O)Cc2ccc(F)c(Cl)c2)cc1F. The Balaban J connectivity index is 2.17. The largest absolute Gasteiger partial charge is 0.494 e. The highest BCUT2D eigenvalue weighted by molar-refractivity contribution is 6.30. The molecule has 1 atom stereocenters. The first-order valence-corrected chi connectivity index (χ1v) is 6.34. The molecule has 2 aromatic rings. The maximum absolute atomic E-state index is 13.6. The van der Waals surface area contributed by atoms with Gasteiger partial charge in [-0.1, -0.05) is 23.7 Å². The maximum Gasteiger partial charge on any atom is 0.165 e. The van der Waals surface area contributed by atoms with Crippen LogP contribution in [0.25, 0.3) is 0 Å². The summed E-state index contributed by atoms with van der Waals surface area (Å²) in [7, 11) is 1.37. The lowest BCUT2D eigenvalue weighted by Gasteiger charge is -2.12. The van der Waals surface area contributed by atoms with Gasteiger partial charge >= 0.3 is 0 Å². The van der Waals surface area contributed by atoms with Crippen LogP contribution in [0.2, 0.25) is 5.02 Å². The number of benzene rings is 2. The van der Waals surface area contributed by atoms with Crippen molar-refractivity contribution in [1.82, 2.24) is 0 Å². The average molecular weight is 299 g/mol. The van der Waals surface area contributed by atoms with E-state index in [2.05, 4.69) is 0 Å². The zero-order valence-corrected chi connectivity index (χ0v) is 11.5. The highest BCUT2D eigenvalue weighted by atomic mass is 35.5. The summed E-state index contributed by atoms with van der Waals surface area (Å²) in [5.74, 6) is -0.938. The van der Waals surface area contributed by atoms with Gasteiger partial charge in [-0.3, -0.25) is 0 Å². The summed E-state index contributed by atoms with van der Waals surface area (Å²) in [5, 5.41) is 10.1. The minimum Gasteiger partial charge on any atom is -0.494 e. The molecular formula is C15H13ClF2O2. The second kappa shape index (κ2) is 6.20. The van der Waals surface area contributed by atoms with Crippen molar-refractivity contribution in [1.29, 1.82) is 0 Å². The molecule has 0 fully saturated rings. The Bertz CT molecular complexity index is 617. The van der Waals surface area contributed by atoms with Crippen LogP contribution in [0, 0.1) is 11.6 Å². The summed E-state index contributed by atoms with van der Waals surface area (Å²) < 4.78 is 31.4. The fourth-order valence-corrected chi connectivity index (χ4v) is 2.10. The van der Waals surface area contributed by atoms with Gasteiger partial charge in [0.15, 0.2) is 11.6 Å². The molecule has 0 radical (unpaired) electrons. The van der Waals surface area contributed by atoms with E-state index in [1.807, 2.05) is 0 Å². The first-order chi connectivity index (χ1) is 9.51. The Morgan fingerprint density at radius 1 is 1.15 bits per heavy atom. The van der Waals surface area contributed by atoms with Crippen LogP contribution >= 0.6 is 11.6 Å². The number of aliphatic hydroxyl groups is 1. The molecule has 0 aliphatic heterocycles. The molecule has 1 N–H and O–H groups in total. The van der Waals surface area contributed by atoms with E-state index in [-0.39, 0.29) is 17.2 Å². The van der Waals surface area contributed by atoms with E-state index in [1.165, 1.54) is 37.4 Å². The van der Waals surface area contributed by atoms with Gasteiger partial charge in [0, 0.05) is 6.42 Å². The third-order valence-corrected chi connectivity index (χ3v) is 3.26. The van der Waals surface area contributed by atoms with Crippen molar-refractivity contribution in [3.05, 3.63) is 64.2 Å². The number of ether oxygens (including phenoxy) is 1. The van der Waals surface area contributed by atoms with Gasteiger partial charge in [0.2, 0.25) is 0 Å². The third-order valence-electron chi connectivity index (χ3n) is 2.97. The summed E-state index contributed by atoms with van der Waals surface area (Å²) in [4.78, 5) is 0. The van der Waals surface area contributed by atoms with E-state index in [9.17, 15) is 13.9 Å². The van der Waals surface area contributed by atoms with Gasteiger partial charge in [0.1, 0.15) is 5.82 Å². The number of hydrogen-bond acceptors (Lipinski definition) is 2. The number of hydrogen-bond donors (Lipinski definition) is 1. The molecule has 5 heteroatoms. The van der Waals surface area contributed by atoms with Crippen molar-refractivity contribution in [3.63, 3.8) is 0 Å². The molecule has 0 aliphatic rings. The predicted octanol–water partition coefficient (Wildman–Crippen LogP) is 3.90. The number of rotatable bonds is 4. The zero-order chi connectivity index (χ0) is 14.7. The minimum absolute atomic E-state index is 0.00406. The molecule has 0 aromatic heterocycles. The zero-order valence-electron chi connectivity index (χ0n) is 10.7. The lowest BCUT2D eigenvalue weighted by atomic mass is 10.0. The Morgan fingerprint density at radius 2 is 1.90 bits per heavy atom. The van der Waals surface area contributed by atoms with Gasteiger partial charge in [0.05, 0.1) is 18.2 Å². The van der Waals surface area contributed by atoms with Crippen LogP contribution in [0.4, 0.5) is 8.78 Å². The van der Waals surface area contributed by atoms with Crippen molar-refractivity contribution in [2.45, 2.75) is 12.5 Å². The molecule has 20 heavy (non-hydrogen) atoms. The Kier molecular flexibility index (Phi) is 4.57. The molecule has 2 rings (SSSR count). The molecule has 0 spiro atoms. The molecular weight excluding hydrogens is 286 g/mol. The summed E-state index contributed by atoms with van der Waals surface area (Å²) in [6, 6.07) is 8.46. The molecule has 2 aromatic carbocycles. The van der Waals surface area contributed by atoms with Gasteiger partial charge in [-0.15, -0.1) is 0 Å². The van der Waals surface area contributed by atoms with E-state index in [0.29, 0.717) is 11.1 Å². The van der Waals surface area contributed by atoms with Gasteiger partial charge < -0.3 is 9.84 Å². The van der Waals surface area contributed by atoms with Crippen molar-refractivity contribution < 1.29 is 18.6 Å². The summed E-state index contributed by atoms with van der Waals surface area (Å²) in [5.41, 5.74) is 1.09. The van der Waals surface area contributed by atoms with Crippen LogP contribution < -0.4 is 4.74 Å². The van der Waals surface area contributed by atoms with Crippen LogP contribution in [-0.4, -0.2) is 12.2 Å². The van der Waals surface area contributed by atoms with Crippen molar-refractivity contribution >= 4 is 11.6 Å². The molecule has 0 bridgehead atoms. The summed E-state index contributed by atoms with van der Waals surface area (Å²) >= 11 is 5.67. The highest BCUT2D eigenvalue weighted by Crippen LogP contribution is 2.25. The molecule has 0 aliphatic carbocycles. The van der Waals surface area contributed by atoms with Crippen LogP contribution in [-0.2, 0) is 6.42 Å². The molecule has 106 valence electrons. The van der Waals surface area contributed by atoms with E-state index in [0.717, 1.165) is 0 Å². The molecule has 0 saturated heterocycles. The summed E-state index contributed by atoms with van der Waals surface area (Å²) in [6.07, 6.45) is -0.692. The molecule has 0 heterocycles. The third kappa shape index (κ3) is 3.26. The van der Waals surface area contributed by atoms with Crippen molar-refractivity contribution in [2.24, 2.45) is 0 Å². The lowest BCUT2D eigenvalue weighted by molar-refractivity contribution is 0.178. The Labute approximate surface area is 120 Å². The second-order valence-electron chi connectivity index (χ2n) is 4.36. The Hall–Kier alpha value is -1.65. The summed E-state index contributed by atoms with van der Waals surface area (Å²) in [6.45, 7) is 0. The van der Waals surface area contributed by atoms with Crippen LogP contribution in [0.5, 0.6) is 5.75 Å². The van der Waals surface area contributed by atoms with Crippen molar-refractivity contribution in [2.75, 3.05) is 7.11 Å². The van der Waals surface area contributed by atoms with Gasteiger partial charge in [-0.05, 0) is 35.4 Å². The standard InChI is InChI=1S/C15H13ClF2O2/c1-20-15-5-3-10(8-13(15)18)14(19)7-9-2-4-12(17)11(16)6-9/h2-6,8,14,19H,7H2,1H3. The van der Waals surface area contributed by atoms with E-state index < -0.39 is 17.7 Å². The smallest absolute Gasteiger partial charge is 0.165 e. The molecule has 0 saturated carbocycles. The maximum atomic E-state index is 13.6. The topological polar surface area (TPSA) is 29.5 Å². The number of halogens is 3. The average Bonchev–Trinajstić information content (AvgIpc) is 2.42. The quantitative estimate of drug-likeness (QED) is 0.927. The monoisotopic (exact) mass is 298 g/mol. The molecule has 2 nitrogen and oxygen atoms in total. The first-order valence-electron chi connectivity index (χ1n) is 5.96. The lowest BCUT2D eigenvalue weighted by Crippen LogP contribution is -2.03. The van der Waals surface area contributed by atoms with E-state index in [4.69, 9.17) is 16.3 Å². The van der Waals surface area contributed by atoms with Gasteiger partial charge in [0.25, 0.3) is 0 Å². The number of methoxy groups -OCH3 is 1. The fraction of sp³-hybridized carbons (Fsp3) is 0.200. The predicted molar refractivity (Wildman–Crippen MR) is 73.0 cm³/mol. The normalized spacial score (nSPS) is 12.2. The highest BCUT2D eigenvalue weighted by Gasteiger charge is 2.13. The van der Waals surface area contributed by atoms with Crippen LogP contribution in [0.3, 0.4) is 0 Å². The van der Waals surface area contributed by atoms with E-state index >= 15 is 0 Å². The second-order valence-corrected chi connectivity index (χ2v) is 4.77. The minimum atomic E-state index is -0.906. The van der Waals surface area contributed by atoms with Crippen molar-refractivity contribution in [3.8, 4) is 5.75 Å². The Morgan fingerprint density at radius 3 is 2.50 bits per heavy atom. The first kappa shape index (κ1) is 14.8. The van der Waals surface area contributed by atoms with Gasteiger partial charge in [-0.25, -0.2) is 8.78 Å². The van der Waals surface area contributed by atoms with E-state index in [1.54, 1.807) is 6.07 Å². The molecule has 1 unspecified atom stereocenters. The number of aliphatic hydroxyl groups excluding tert-OH is 1. The fourth-order valence-electron chi connectivity index (χ4n) is 1.90.